The van der Waals surface area contributed by atoms with Crippen LogP contribution >= 0.6 is 0 Å². The summed E-state index contributed by atoms with van der Waals surface area (Å²) in [6.45, 7) is 8.38. The number of aromatic nitrogens is 2. The second-order valence-electron chi connectivity index (χ2n) is 6.07. The Balaban J connectivity index is 2.56. The molecule has 1 aromatic rings. The zero-order valence-electron chi connectivity index (χ0n) is 12.3. The van der Waals surface area contributed by atoms with E-state index in [1.165, 1.54) is 6.20 Å². The lowest BCUT2D eigenvalue weighted by Crippen LogP contribution is -2.34. The molecular formula is C14H21N3O3. The summed E-state index contributed by atoms with van der Waals surface area (Å²) in [5.74, 6) is -1.50. The number of rotatable bonds is 5. The van der Waals surface area contributed by atoms with E-state index in [-0.39, 0.29) is 28.8 Å². The minimum atomic E-state index is -1.16. The minimum absolute atomic E-state index is 0.0303. The fourth-order valence-electron chi connectivity index (χ4n) is 1.58. The highest BCUT2D eigenvalue weighted by molar-refractivity contribution is 5.92. The second-order valence-corrected chi connectivity index (χ2v) is 6.07. The Morgan fingerprint density at radius 2 is 1.80 bits per heavy atom. The number of aromatic carboxylic acids is 1. The Labute approximate surface area is 118 Å². The largest absolute Gasteiger partial charge is 0.476 e. The number of carbonyl (C=O) groups excluding carboxylic acids is 1. The van der Waals surface area contributed by atoms with Crippen LogP contribution in [-0.4, -0.2) is 33.0 Å². The summed E-state index contributed by atoms with van der Waals surface area (Å²) in [7, 11) is 0. The van der Waals surface area contributed by atoms with E-state index in [2.05, 4.69) is 36.1 Å². The first kappa shape index (κ1) is 16.1. The maximum atomic E-state index is 11.9. The Kier molecular flexibility index (Phi) is 5.19. The standard InChI is InChI=1S/C14H21N3O3/c1-9(5-6-14(2,3)4)17-12(18)10-7-16-11(8-15-10)13(19)20/h7-9H,5-6H2,1-4H3,(H,17,18)(H,19,20). The molecule has 1 aromatic heterocycles. The molecule has 0 radical (unpaired) electrons. The average Bonchev–Trinajstić information content (AvgIpc) is 2.35. The summed E-state index contributed by atoms with van der Waals surface area (Å²) in [5, 5.41) is 11.5. The smallest absolute Gasteiger partial charge is 0.356 e. The Hall–Kier alpha value is -1.98. The van der Waals surface area contributed by atoms with Crippen molar-refractivity contribution in [2.45, 2.75) is 46.6 Å². The zero-order chi connectivity index (χ0) is 15.3. The van der Waals surface area contributed by atoms with Crippen LogP contribution in [0.25, 0.3) is 0 Å². The van der Waals surface area contributed by atoms with Crippen LogP contribution in [0.4, 0.5) is 0 Å². The SMILES string of the molecule is CC(CCC(C)(C)C)NC(=O)c1cnc(C(=O)O)cn1. The lowest BCUT2D eigenvalue weighted by atomic mass is 9.89. The molecule has 6 nitrogen and oxygen atoms in total. The molecule has 0 aromatic carbocycles. The van der Waals surface area contributed by atoms with Crippen LogP contribution in [0, 0.1) is 5.41 Å². The van der Waals surface area contributed by atoms with Gasteiger partial charge in [-0.3, -0.25) is 4.79 Å². The fourth-order valence-corrected chi connectivity index (χ4v) is 1.58. The molecule has 1 atom stereocenters. The summed E-state index contributed by atoms with van der Waals surface area (Å²) < 4.78 is 0. The maximum Gasteiger partial charge on any atom is 0.356 e. The molecule has 20 heavy (non-hydrogen) atoms. The molecule has 0 saturated heterocycles. The van der Waals surface area contributed by atoms with E-state index < -0.39 is 5.97 Å². The van der Waals surface area contributed by atoms with Crippen LogP contribution in [0.15, 0.2) is 12.4 Å². The lowest BCUT2D eigenvalue weighted by molar-refractivity contribution is 0.0689. The molecular weight excluding hydrogens is 258 g/mol. The van der Waals surface area contributed by atoms with Crippen LogP contribution in [-0.2, 0) is 0 Å². The summed E-state index contributed by atoms with van der Waals surface area (Å²) in [6.07, 6.45) is 4.13. The van der Waals surface area contributed by atoms with Crippen molar-refractivity contribution >= 4 is 11.9 Å². The average molecular weight is 279 g/mol. The van der Waals surface area contributed by atoms with Crippen molar-refractivity contribution in [3.8, 4) is 0 Å². The number of carboxylic acids is 1. The van der Waals surface area contributed by atoms with Crippen molar-refractivity contribution < 1.29 is 14.7 Å². The van der Waals surface area contributed by atoms with Gasteiger partial charge in [0.2, 0.25) is 0 Å². The number of carboxylic acid groups (broad SMARTS) is 1. The number of amides is 1. The fraction of sp³-hybridized carbons (Fsp3) is 0.571. The van der Waals surface area contributed by atoms with E-state index in [1.54, 1.807) is 0 Å². The van der Waals surface area contributed by atoms with Gasteiger partial charge in [0.05, 0.1) is 12.4 Å². The van der Waals surface area contributed by atoms with Gasteiger partial charge in [-0.1, -0.05) is 20.8 Å². The van der Waals surface area contributed by atoms with E-state index in [0.29, 0.717) is 0 Å². The summed E-state index contributed by atoms with van der Waals surface area (Å²) in [5.41, 5.74) is 0.169. The number of hydrogen-bond acceptors (Lipinski definition) is 4. The summed E-state index contributed by atoms with van der Waals surface area (Å²) in [6, 6.07) is 0.0303. The molecule has 0 fully saturated rings. The molecule has 1 unspecified atom stereocenters. The van der Waals surface area contributed by atoms with E-state index in [9.17, 15) is 9.59 Å². The Bertz CT molecular complexity index is 477. The predicted octanol–water partition coefficient (Wildman–Crippen LogP) is 2.12. The van der Waals surface area contributed by atoms with Gasteiger partial charge in [-0.25, -0.2) is 14.8 Å². The monoisotopic (exact) mass is 279 g/mol. The van der Waals surface area contributed by atoms with E-state index in [0.717, 1.165) is 19.0 Å². The van der Waals surface area contributed by atoms with Gasteiger partial charge in [0.1, 0.15) is 5.69 Å². The van der Waals surface area contributed by atoms with Crippen LogP contribution in [0.2, 0.25) is 0 Å². The number of nitrogens with zero attached hydrogens (tertiary/aromatic N) is 2. The summed E-state index contributed by atoms with van der Waals surface area (Å²) in [4.78, 5) is 30.0. The number of carbonyl (C=O) groups is 2. The molecule has 2 N–H and O–H groups in total. The summed E-state index contributed by atoms with van der Waals surface area (Å²) >= 11 is 0. The molecule has 0 aliphatic carbocycles. The van der Waals surface area contributed by atoms with Crippen molar-refractivity contribution in [2.24, 2.45) is 5.41 Å². The molecule has 0 bridgehead atoms. The number of nitrogens with one attached hydrogen (secondary N) is 1. The van der Waals surface area contributed by atoms with Crippen LogP contribution < -0.4 is 5.32 Å². The highest BCUT2D eigenvalue weighted by Gasteiger charge is 2.16. The topological polar surface area (TPSA) is 92.2 Å². The molecule has 110 valence electrons. The van der Waals surface area contributed by atoms with Gasteiger partial charge in [0, 0.05) is 6.04 Å². The third-order valence-electron chi connectivity index (χ3n) is 2.81. The van der Waals surface area contributed by atoms with Crippen LogP contribution in [0.3, 0.4) is 0 Å². The van der Waals surface area contributed by atoms with Gasteiger partial charge in [-0.15, -0.1) is 0 Å². The van der Waals surface area contributed by atoms with Crippen LogP contribution in [0.5, 0.6) is 0 Å². The van der Waals surface area contributed by atoms with Crippen molar-refractivity contribution in [2.75, 3.05) is 0 Å². The highest BCUT2D eigenvalue weighted by atomic mass is 16.4. The van der Waals surface area contributed by atoms with E-state index in [1.807, 2.05) is 6.92 Å². The van der Waals surface area contributed by atoms with Gasteiger partial charge in [0.25, 0.3) is 5.91 Å². The van der Waals surface area contributed by atoms with E-state index >= 15 is 0 Å². The van der Waals surface area contributed by atoms with Gasteiger partial charge >= 0.3 is 5.97 Å². The molecule has 0 aliphatic rings. The normalized spacial score (nSPS) is 12.8. The molecule has 6 heteroatoms. The quantitative estimate of drug-likeness (QED) is 0.861. The zero-order valence-corrected chi connectivity index (χ0v) is 12.3. The minimum Gasteiger partial charge on any atom is -0.476 e. The lowest BCUT2D eigenvalue weighted by Gasteiger charge is -2.21. The maximum absolute atomic E-state index is 11.9. The van der Waals surface area contributed by atoms with Gasteiger partial charge < -0.3 is 10.4 Å². The first-order valence-electron chi connectivity index (χ1n) is 6.55. The van der Waals surface area contributed by atoms with Crippen molar-refractivity contribution in [1.29, 1.82) is 0 Å². The van der Waals surface area contributed by atoms with Crippen molar-refractivity contribution in [1.82, 2.24) is 15.3 Å². The first-order valence-corrected chi connectivity index (χ1v) is 6.55. The molecule has 1 amide bonds. The predicted molar refractivity (Wildman–Crippen MR) is 74.6 cm³/mol. The molecule has 1 rings (SSSR count). The Morgan fingerprint density at radius 3 is 2.25 bits per heavy atom. The van der Waals surface area contributed by atoms with Crippen molar-refractivity contribution in [3.63, 3.8) is 0 Å². The molecule has 0 saturated carbocycles. The molecule has 0 spiro atoms. The number of hydrogen-bond donors (Lipinski definition) is 2. The third kappa shape index (κ3) is 5.34. The third-order valence-corrected chi connectivity index (χ3v) is 2.81. The highest BCUT2D eigenvalue weighted by Crippen LogP contribution is 2.21. The van der Waals surface area contributed by atoms with Gasteiger partial charge in [-0.05, 0) is 25.2 Å². The Morgan fingerprint density at radius 1 is 1.25 bits per heavy atom. The second kappa shape index (κ2) is 6.45. The van der Waals surface area contributed by atoms with Gasteiger partial charge in [-0.2, -0.15) is 0 Å². The van der Waals surface area contributed by atoms with Gasteiger partial charge in [0.15, 0.2) is 5.69 Å². The molecule has 1 heterocycles. The molecule has 0 aliphatic heterocycles. The first-order chi connectivity index (χ1) is 9.19. The van der Waals surface area contributed by atoms with E-state index in [4.69, 9.17) is 5.11 Å². The van der Waals surface area contributed by atoms with Crippen LogP contribution in [0.1, 0.15) is 61.5 Å². The van der Waals surface area contributed by atoms with Crippen molar-refractivity contribution in [3.05, 3.63) is 23.8 Å².